The zero-order valence-electron chi connectivity index (χ0n) is 14.3. The van der Waals surface area contributed by atoms with Gasteiger partial charge in [0, 0.05) is 0 Å². The number of ether oxygens (including phenoxy) is 1. The molecule has 5 heteroatoms. The van der Waals surface area contributed by atoms with E-state index in [0.717, 1.165) is 5.56 Å². The van der Waals surface area contributed by atoms with Gasteiger partial charge < -0.3 is 15.2 Å². The smallest absolute Gasteiger partial charge is 0.326 e. The standard InChI is InChI=1S/C18H27NO4/c1-13(23-12-14-8-6-5-7-9-14)16(20)19-15(17(21)22)10-11-18(2,3)4/h5-9,13,15H,10-12H2,1-4H3,(H,19,20)(H,21,22). The van der Waals surface area contributed by atoms with E-state index in [1.165, 1.54) is 0 Å². The minimum absolute atomic E-state index is 0.0217. The van der Waals surface area contributed by atoms with Crippen molar-refractivity contribution in [1.82, 2.24) is 5.32 Å². The second kappa shape index (κ2) is 8.67. The number of rotatable bonds is 8. The molecule has 0 aliphatic carbocycles. The Morgan fingerprint density at radius 1 is 1.22 bits per heavy atom. The zero-order chi connectivity index (χ0) is 17.5. The predicted molar refractivity (Wildman–Crippen MR) is 88.9 cm³/mol. The summed E-state index contributed by atoms with van der Waals surface area (Å²) in [5.74, 6) is -1.42. The first-order valence-electron chi connectivity index (χ1n) is 7.88. The summed E-state index contributed by atoms with van der Waals surface area (Å²) < 4.78 is 5.51. The average molecular weight is 321 g/mol. The Balaban J connectivity index is 2.48. The van der Waals surface area contributed by atoms with Crippen LogP contribution in [0.3, 0.4) is 0 Å². The number of carboxylic acid groups (broad SMARTS) is 1. The quantitative estimate of drug-likeness (QED) is 0.772. The molecule has 1 rings (SSSR count). The molecule has 0 aliphatic heterocycles. The molecule has 0 radical (unpaired) electrons. The Bertz CT molecular complexity index is 508. The van der Waals surface area contributed by atoms with Crippen molar-refractivity contribution >= 4 is 11.9 Å². The third-order valence-corrected chi connectivity index (χ3v) is 3.51. The minimum atomic E-state index is -1.02. The van der Waals surface area contributed by atoms with E-state index in [1.807, 2.05) is 51.1 Å². The Kier molecular flexibility index (Phi) is 7.23. The highest BCUT2D eigenvalue weighted by molar-refractivity contribution is 5.86. The van der Waals surface area contributed by atoms with Crippen molar-refractivity contribution < 1.29 is 19.4 Å². The van der Waals surface area contributed by atoms with Crippen LogP contribution < -0.4 is 5.32 Å². The fraction of sp³-hybridized carbons (Fsp3) is 0.556. The molecular weight excluding hydrogens is 294 g/mol. The molecule has 5 nitrogen and oxygen atoms in total. The molecule has 2 N–H and O–H groups in total. The average Bonchev–Trinajstić information content (AvgIpc) is 2.48. The highest BCUT2D eigenvalue weighted by Gasteiger charge is 2.25. The van der Waals surface area contributed by atoms with Crippen LogP contribution in [0.1, 0.15) is 46.1 Å². The number of carbonyl (C=O) groups excluding carboxylic acids is 1. The van der Waals surface area contributed by atoms with E-state index in [4.69, 9.17) is 4.74 Å². The van der Waals surface area contributed by atoms with Crippen molar-refractivity contribution in [3.8, 4) is 0 Å². The summed E-state index contributed by atoms with van der Waals surface area (Å²) in [6.45, 7) is 8.06. The summed E-state index contributed by atoms with van der Waals surface area (Å²) in [6.07, 6.45) is 0.408. The maximum absolute atomic E-state index is 12.1. The zero-order valence-corrected chi connectivity index (χ0v) is 14.3. The van der Waals surface area contributed by atoms with Gasteiger partial charge in [-0.15, -0.1) is 0 Å². The van der Waals surface area contributed by atoms with Gasteiger partial charge in [-0.05, 0) is 30.7 Å². The van der Waals surface area contributed by atoms with E-state index in [1.54, 1.807) is 6.92 Å². The Labute approximate surface area is 138 Å². The van der Waals surface area contributed by atoms with Gasteiger partial charge in [-0.2, -0.15) is 0 Å². The molecule has 0 aliphatic rings. The summed E-state index contributed by atoms with van der Waals surface area (Å²) in [4.78, 5) is 23.4. The van der Waals surface area contributed by atoms with Crippen LogP contribution in [-0.2, 0) is 20.9 Å². The maximum atomic E-state index is 12.1. The van der Waals surface area contributed by atoms with Crippen LogP contribution in [0, 0.1) is 5.41 Å². The fourth-order valence-corrected chi connectivity index (χ4v) is 1.99. The molecule has 0 bridgehead atoms. The molecule has 0 spiro atoms. The number of hydrogen-bond acceptors (Lipinski definition) is 3. The molecule has 0 saturated heterocycles. The van der Waals surface area contributed by atoms with Crippen molar-refractivity contribution in [3.63, 3.8) is 0 Å². The predicted octanol–water partition coefficient (Wildman–Crippen LogP) is 2.99. The first kappa shape index (κ1) is 19.2. The van der Waals surface area contributed by atoms with E-state index < -0.39 is 24.0 Å². The number of nitrogens with one attached hydrogen (secondary N) is 1. The van der Waals surface area contributed by atoms with Gasteiger partial charge >= 0.3 is 5.97 Å². The lowest BCUT2D eigenvalue weighted by Crippen LogP contribution is -2.45. The lowest BCUT2D eigenvalue weighted by atomic mass is 9.88. The summed E-state index contributed by atoms with van der Waals surface area (Å²) in [6, 6.07) is 8.64. The second-order valence-corrected chi connectivity index (χ2v) is 6.94. The van der Waals surface area contributed by atoms with Crippen LogP contribution in [0.25, 0.3) is 0 Å². The number of benzene rings is 1. The Hall–Kier alpha value is -1.88. The van der Waals surface area contributed by atoms with Crippen LogP contribution in [-0.4, -0.2) is 29.1 Å². The fourth-order valence-electron chi connectivity index (χ4n) is 1.99. The number of carbonyl (C=O) groups is 2. The van der Waals surface area contributed by atoms with Crippen LogP contribution in [0.15, 0.2) is 30.3 Å². The number of aliphatic carboxylic acids is 1. The van der Waals surface area contributed by atoms with Crippen LogP contribution in [0.2, 0.25) is 0 Å². The summed E-state index contributed by atoms with van der Waals surface area (Å²) in [7, 11) is 0. The minimum Gasteiger partial charge on any atom is -0.480 e. The van der Waals surface area contributed by atoms with Gasteiger partial charge in [0.2, 0.25) is 5.91 Å². The summed E-state index contributed by atoms with van der Waals surface area (Å²) in [5.41, 5.74) is 0.989. The molecule has 0 heterocycles. The lowest BCUT2D eigenvalue weighted by molar-refractivity contribution is -0.144. The molecule has 2 unspecified atom stereocenters. The first-order chi connectivity index (χ1) is 10.7. The van der Waals surface area contributed by atoms with Crippen molar-refractivity contribution in [2.24, 2.45) is 5.41 Å². The van der Waals surface area contributed by atoms with Gasteiger partial charge in [-0.3, -0.25) is 4.79 Å². The van der Waals surface area contributed by atoms with Gasteiger partial charge in [0.15, 0.2) is 0 Å². The molecule has 1 aromatic carbocycles. The first-order valence-corrected chi connectivity index (χ1v) is 7.88. The van der Waals surface area contributed by atoms with Crippen LogP contribution in [0.4, 0.5) is 0 Å². The van der Waals surface area contributed by atoms with Crippen molar-refractivity contribution in [1.29, 1.82) is 0 Å². The maximum Gasteiger partial charge on any atom is 0.326 e. The van der Waals surface area contributed by atoms with E-state index in [9.17, 15) is 14.7 Å². The molecular formula is C18H27NO4. The van der Waals surface area contributed by atoms with Crippen molar-refractivity contribution in [3.05, 3.63) is 35.9 Å². The molecule has 1 amide bonds. The molecule has 0 saturated carbocycles. The van der Waals surface area contributed by atoms with Gasteiger partial charge in [0.05, 0.1) is 6.61 Å². The normalized spacial score (nSPS) is 14.1. The molecule has 0 aromatic heterocycles. The van der Waals surface area contributed by atoms with Crippen LogP contribution >= 0.6 is 0 Å². The van der Waals surface area contributed by atoms with Crippen molar-refractivity contribution in [2.45, 2.75) is 59.3 Å². The Morgan fingerprint density at radius 2 is 1.83 bits per heavy atom. The number of carboxylic acids is 1. The van der Waals surface area contributed by atoms with E-state index in [-0.39, 0.29) is 5.41 Å². The third kappa shape index (κ3) is 7.79. The molecule has 1 aromatic rings. The van der Waals surface area contributed by atoms with Gasteiger partial charge in [-0.1, -0.05) is 51.1 Å². The third-order valence-electron chi connectivity index (χ3n) is 3.51. The summed E-state index contributed by atoms with van der Waals surface area (Å²) in [5, 5.41) is 11.8. The molecule has 0 fully saturated rings. The molecule has 2 atom stereocenters. The molecule has 128 valence electrons. The van der Waals surface area contributed by atoms with Crippen LogP contribution in [0.5, 0.6) is 0 Å². The van der Waals surface area contributed by atoms with E-state index in [0.29, 0.717) is 19.4 Å². The Morgan fingerprint density at radius 3 is 2.35 bits per heavy atom. The number of hydrogen-bond donors (Lipinski definition) is 2. The second-order valence-electron chi connectivity index (χ2n) is 6.94. The van der Waals surface area contributed by atoms with Gasteiger partial charge in [0.1, 0.15) is 12.1 Å². The van der Waals surface area contributed by atoms with Gasteiger partial charge in [-0.25, -0.2) is 4.79 Å². The lowest BCUT2D eigenvalue weighted by Gasteiger charge is -2.22. The number of amides is 1. The van der Waals surface area contributed by atoms with Gasteiger partial charge in [0.25, 0.3) is 0 Å². The highest BCUT2D eigenvalue weighted by atomic mass is 16.5. The highest BCUT2D eigenvalue weighted by Crippen LogP contribution is 2.21. The van der Waals surface area contributed by atoms with Crippen molar-refractivity contribution in [2.75, 3.05) is 0 Å². The largest absolute Gasteiger partial charge is 0.480 e. The monoisotopic (exact) mass is 321 g/mol. The SMILES string of the molecule is CC(OCc1ccccc1)C(=O)NC(CCC(C)(C)C)C(=O)O. The molecule has 23 heavy (non-hydrogen) atoms. The topological polar surface area (TPSA) is 75.6 Å². The van der Waals surface area contributed by atoms with E-state index >= 15 is 0 Å². The summed E-state index contributed by atoms with van der Waals surface area (Å²) >= 11 is 0. The van der Waals surface area contributed by atoms with E-state index in [2.05, 4.69) is 5.32 Å².